The van der Waals surface area contributed by atoms with Crippen molar-refractivity contribution in [2.24, 2.45) is 11.7 Å². The summed E-state index contributed by atoms with van der Waals surface area (Å²) in [5, 5.41) is 2.34. The Morgan fingerprint density at radius 3 is 2.28 bits per heavy atom. The van der Waals surface area contributed by atoms with Crippen LogP contribution in [0.25, 0.3) is 0 Å². The van der Waals surface area contributed by atoms with Crippen LogP contribution in [0.5, 0.6) is 5.75 Å². The third kappa shape index (κ3) is 7.60. The van der Waals surface area contributed by atoms with Gasteiger partial charge in [-0.25, -0.2) is 0 Å². The third-order valence-electron chi connectivity index (χ3n) is 3.63. The molecule has 2 amide bonds. The molecule has 0 saturated heterocycles. The fourth-order valence-electron chi connectivity index (χ4n) is 2.45. The summed E-state index contributed by atoms with van der Waals surface area (Å²) in [5.41, 5.74) is 5.41. The molecule has 10 nitrogen and oxygen atoms in total. The van der Waals surface area contributed by atoms with E-state index in [1.807, 2.05) is 0 Å². The van der Waals surface area contributed by atoms with Gasteiger partial charge < -0.3 is 25.3 Å². The fourth-order valence-corrected chi connectivity index (χ4v) is 2.45. The SMILES string of the molecule is CCOC(=O)C[C@H](C(=O)OCC)[C@@H](NC(=O)c1cccc(OC(C)=O)c1)C(N)=O. The molecule has 10 heteroatoms. The number of nitrogens with one attached hydrogen (secondary N) is 1. The topological polar surface area (TPSA) is 151 Å². The summed E-state index contributed by atoms with van der Waals surface area (Å²) in [7, 11) is 0. The number of carbonyl (C=O) groups is 5. The first-order valence-electron chi connectivity index (χ1n) is 8.90. The molecule has 1 rings (SSSR count). The highest BCUT2D eigenvalue weighted by atomic mass is 16.5. The summed E-state index contributed by atoms with van der Waals surface area (Å²) in [6.45, 7) is 4.42. The van der Waals surface area contributed by atoms with E-state index in [2.05, 4.69) is 5.32 Å². The molecule has 0 aromatic heterocycles. The molecule has 0 spiro atoms. The van der Waals surface area contributed by atoms with E-state index in [0.717, 1.165) is 0 Å². The molecule has 0 unspecified atom stereocenters. The Labute approximate surface area is 167 Å². The average molecular weight is 408 g/mol. The first-order chi connectivity index (χ1) is 13.7. The molecule has 0 saturated carbocycles. The van der Waals surface area contributed by atoms with Gasteiger partial charge in [0.15, 0.2) is 0 Å². The highest BCUT2D eigenvalue weighted by Gasteiger charge is 2.37. The van der Waals surface area contributed by atoms with Crippen molar-refractivity contribution in [2.45, 2.75) is 33.2 Å². The van der Waals surface area contributed by atoms with Gasteiger partial charge in [0, 0.05) is 12.5 Å². The van der Waals surface area contributed by atoms with E-state index >= 15 is 0 Å². The summed E-state index contributed by atoms with van der Waals surface area (Å²) < 4.78 is 14.6. The Morgan fingerprint density at radius 1 is 1.07 bits per heavy atom. The number of amides is 2. The minimum absolute atomic E-state index is 0.00200. The van der Waals surface area contributed by atoms with Gasteiger partial charge in [-0.15, -0.1) is 0 Å². The molecule has 0 fully saturated rings. The molecule has 0 aliphatic rings. The number of ether oxygens (including phenoxy) is 3. The van der Waals surface area contributed by atoms with Gasteiger partial charge in [0.2, 0.25) is 5.91 Å². The first kappa shape index (κ1) is 23.6. The first-order valence-corrected chi connectivity index (χ1v) is 8.90. The minimum Gasteiger partial charge on any atom is -0.466 e. The van der Waals surface area contributed by atoms with Crippen molar-refractivity contribution in [3.63, 3.8) is 0 Å². The smallest absolute Gasteiger partial charge is 0.312 e. The van der Waals surface area contributed by atoms with Gasteiger partial charge >= 0.3 is 17.9 Å². The van der Waals surface area contributed by atoms with Crippen LogP contribution in [0, 0.1) is 5.92 Å². The highest BCUT2D eigenvalue weighted by Crippen LogP contribution is 2.17. The Morgan fingerprint density at radius 2 is 1.72 bits per heavy atom. The summed E-state index contributed by atoms with van der Waals surface area (Å²) in [6.07, 6.45) is -0.506. The van der Waals surface area contributed by atoms with Crippen molar-refractivity contribution >= 4 is 29.7 Å². The number of benzene rings is 1. The maximum absolute atomic E-state index is 12.6. The zero-order valence-electron chi connectivity index (χ0n) is 16.4. The number of primary amides is 1. The number of rotatable bonds is 10. The zero-order valence-corrected chi connectivity index (χ0v) is 16.4. The Hall–Kier alpha value is -3.43. The van der Waals surface area contributed by atoms with Crippen LogP contribution < -0.4 is 15.8 Å². The average Bonchev–Trinajstić information content (AvgIpc) is 2.64. The van der Waals surface area contributed by atoms with Crippen LogP contribution in [0.4, 0.5) is 0 Å². The van der Waals surface area contributed by atoms with E-state index < -0.39 is 48.1 Å². The second-order valence-electron chi connectivity index (χ2n) is 5.84. The second-order valence-corrected chi connectivity index (χ2v) is 5.84. The fraction of sp³-hybridized carbons (Fsp3) is 0.421. The van der Waals surface area contributed by atoms with Crippen LogP contribution in [0.2, 0.25) is 0 Å². The van der Waals surface area contributed by atoms with E-state index in [1.165, 1.54) is 31.2 Å². The van der Waals surface area contributed by atoms with Gasteiger partial charge in [0.05, 0.1) is 25.6 Å². The number of esters is 3. The quantitative estimate of drug-likeness (QED) is 0.415. The predicted molar refractivity (Wildman–Crippen MR) is 99.6 cm³/mol. The minimum atomic E-state index is -1.52. The van der Waals surface area contributed by atoms with E-state index in [1.54, 1.807) is 13.8 Å². The normalized spacial score (nSPS) is 12.2. The van der Waals surface area contributed by atoms with E-state index in [-0.39, 0.29) is 24.5 Å². The number of hydrogen-bond donors (Lipinski definition) is 2. The maximum atomic E-state index is 12.6. The summed E-state index contributed by atoms with van der Waals surface area (Å²) in [4.78, 5) is 59.7. The zero-order chi connectivity index (χ0) is 22.0. The Kier molecular flexibility index (Phi) is 9.30. The highest BCUT2D eigenvalue weighted by molar-refractivity contribution is 5.99. The molecule has 0 bridgehead atoms. The molecule has 1 aromatic rings. The molecule has 0 aliphatic carbocycles. The molecular formula is C19H24N2O8. The molecule has 0 heterocycles. The van der Waals surface area contributed by atoms with Gasteiger partial charge in [-0.2, -0.15) is 0 Å². The lowest BCUT2D eigenvalue weighted by Crippen LogP contribution is -2.52. The number of nitrogens with two attached hydrogens (primary N) is 1. The summed E-state index contributed by atoms with van der Waals surface area (Å²) >= 11 is 0. The van der Waals surface area contributed by atoms with Gasteiger partial charge in [0.25, 0.3) is 5.91 Å². The number of carbonyl (C=O) groups excluding carboxylic acids is 5. The third-order valence-corrected chi connectivity index (χ3v) is 3.63. The second kappa shape index (κ2) is 11.4. The number of hydrogen-bond acceptors (Lipinski definition) is 8. The monoisotopic (exact) mass is 408 g/mol. The van der Waals surface area contributed by atoms with Crippen molar-refractivity contribution in [3.05, 3.63) is 29.8 Å². The van der Waals surface area contributed by atoms with Gasteiger partial charge in [-0.1, -0.05) is 6.07 Å². The van der Waals surface area contributed by atoms with Crippen LogP contribution in [0.15, 0.2) is 24.3 Å². The molecule has 29 heavy (non-hydrogen) atoms. The van der Waals surface area contributed by atoms with Crippen LogP contribution >= 0.6 is 0 Å². The van der Waals surface area contributed by atoms with Crippen LogP contribution in [0.1, 0.15) is 37.6 Å². The van der Waals surface area contributed by atoms with Crippen molar-refractivity contribution < 1.29 is 38.2 Å². The molecular weight excluding hydrogens is 384 g/mol. The molecule has 2 atom stereocenters. The van der Waals surface area contributed by atoms with Crippen molar-refractivity contribution in [1.29, 1.82) is 0 Å². The standard InChI is InChI=1S/C19H24N2O8/c1-4-27-15(23)10-14(19(26)28-5-2)16(17(20)24)21-18(25)12-7-6-8-13(9-12)29-11(3)22/h6-9,14,16H,4-5,10H2,1-3H3,(H2,20,24)(H,21,25)/t14-,16+/m0/s1. The lowest BCUT2D eigenvalue weighted by Gasteiger charge is -2.23. The van der Waals surface area contributed by atoms with E-state index in [4.69, 9.17) is 19.9 Å². The molecule has 1 aromatic carbocycles. The molecule has 158 valence electrons. The van der Waals surface area contributed by atoms with Crippen molar-refractivity contribution in [2.75, 3.05) is 13.2 Å². The predicted octanol–water partition coefficient (Wildman–Crippen LogP) is 0.328. The summed E-state index contributed by atoms with van der Waals surface area (Å²) in [6, 6.07) is 4.09. The van der Waals surface area contributed by atoms with Crippen LogP contribution in [-0.4, -0.2) is 49.0 Å². The van der Waals surface area contributed by atoms with Gasteiger partial charge in [0.1, 0.15) is 11.8 Å². The van der Waals surface area contributed by atoms with Crippen molar-refractivity contribution in [1.82, 2.24) is 5.32 Å². The van der Waals surface area contributed by atoms with E-state index in [0.29, 0.717) is 0 Å². The van der Waals surface area contributed by atoms with Crippen molar-refractivity contribution in [3.8, 4) is 5.75 Å². The van der Waals surface area contributed by atoms with Crippen LogP contribution in [-0.2, 0) is 28.7 Å². The Balaban J connectivity index is 3.09. The molecule has 0 radical (unpaired) electrons. The molecule has 3 N–H and O–H groups in total. The maximum Gasteiger partial charge on any atom is 0.312 e. The van der Waals surface area contributed by atoms with Gasteiger partial charge in [-0.3, -0.25) is 24.0 Å². The lowest BCUT2D eigenvalue weighted by molar-refractivity contribution is -0.156. The molecule has 0 aliphatic heterocycles. The van der Waals surface area contributed by atoms with Gasteiger partial charge in [-0.05, 0) is 32.0 Å². The summed E-state index contributed by atoms with van der Waals surface area (Å²) in [5.74, 6) is -5.24. The largest absolute Gasteiger partial charge is 0.466 e. The lowest BCUT2D eigenvalue weighted by atomic mass is 9.95. The van der Waals surface area contributed by atoms with E-state index in [9.17, 15) is 24.0 Å². The Bertz CT molecular complexity index is 777. The van der Waals surface area contributed by atoms with Crippen LogP contribution in [0.3, 0.4) is 0 Å².